The summed E-state index contributed by atoms with van der Waals surface area (Å²) in [6, 6.07) is 16.4. The second-order valence-electron chi connectivity index (χ2n) is 4.56. The molecule has 1 aromatic heterocycles. The average molecular weight is 376 g/mol. The predicted molar refractivity (Wildman–Crippen MR) is 94.8 cm³/mol. The first-order valence-electron chi connectivity index (χ1n) is 6.79. The molecule has 0 unspecified atom stereocenters. The quantitative estimate of drug-likeness (QED) is 0.340. The Kier molecular flexibility index (Phi) is 5.34. The molecule has 0 aliphatic heterocycles. The number of halogens is 1. The van der Waals surface area contributed by atoms with E-state index in [0.717, 1.165) is 9.79 Å². The summed E-state index contributed by atoms with van der Waals surface area (Å²) in [5.41, 5.74) is -0.0914. The van der Waals surface area contributed by atoms with Gasteiger partial charge in [0.15, 0.2) is 10.1 Å². The van der Waals surface area contributed by atoms with Crippen LogP contribution in [-0.2, 0) is 0 Å². The van der Waals surface area contributed by atoms with Crippen molar-refractivity contribution in [1.29, 1.82) is 0 Å². The van der Waals surface area contributed by atoms with Gasteiger partial charge in [0.1, 0.15) is 6.33 Å². The van der Waals surface area contributed by atoms with Crippen LogP contribution in [0.15, 0.2) is 80.8 Å². The molecule has 0 N–H and O–H groups in total. The number of nitro groups is 1. The Balaban J connectivity index is 1.96. The predicted octanol–water partition coefficient (Wildman–Crippen LogP) is 5.34. The van der Waals surface area contributed by atoms with Crippen LogP contribution in [0.5, 0.6) is 0 Å². The van der Waals surface area contributed by atoms with E-state index in [1.165, 1.54) is 29.9 Å². The molecule has 0 saturated heterocycles. The SMILES string of the molecule is O=[N+]([O-])c1c(Sc2ccccc2)ncnc1Sc1ccc(Cl)cc1. The highest BCUT2D eigenvalue weighted by Crippen LogP contribution is 2.40. The van der Waals surface area contributed by atoms with Gasteiger partial charge in [-0.2, -0.15) is 0 Å². The third kappa shape index (κ3) is 4.05. The first-order valence-corrected chi connectivity index (χ1v) is 8.80. The van der Waals surface area contributed by atoms with E-state index < -0.39 is 4.92 Å². The highest BCUT2D eigenvalue weighted by atomic mass is 35.5. The van der Waals surface area contributed by atoms with Gasteiger partial charge in [-0.1, -0.05) is 53.3 Å². The van der Waals surface area contributed by atoms with Crippen molar-refractivity contribution < 1.29 is 4.92 Å². The fourth-order valence-electron chi connectivity index (χ4n) is 1.87. The normalized spacial score (nSPS) is 10.5. The molecule has 0 spiro atoms. The van der Waals surface area contributed by atoms with E-state index >= 15 is 0 Å². The van der Waals surface area contributed by atoms with Crippen LogP contribution in [-0.4, -0.2) is 14.9 Å². The fourth-order valence-corrected chi connectivity index (χ4v) is 3.81. The van der Waals surface area contributed by atoms with Crippen molar-refractivity contribution in [3.8, 4) is 0 Å². The molecule has 120 valence electrons. The first kappa shape index (κ1) is 16.8. The highest BCUT2D eigenvalue weighted by molar-refractivity contribution is 8.00. The van der Waals surface area contributed by atoms with Crippen molar-refractivity contribution in [3.63, 3.8) is 0 Å². The van der Waals surface area contributed by atoms with Gasteiger partial charge in [-0.15, -0.1) is 0 Å². The van der Waals surface area contributed by atoms with Crippen molar-refractivity contribution in [2.75, 3.05) is 0 Å². The molecule has 0 amide bonds. The van der Waals surface area contributed by atoms with Gasteiger partial charge in [0.05, 0.1) is 4.92 Å². The summed E-state index contributed by atoms with van der Waals surface area (Å²) in [5, 5.41) is 12.8. The van der Waals surface area contributed by atoms with Crippen LogP contribution in [0.4, 0.5) is 5.69 Å². The maximum Gasteiger partial charge on any atom is 0.333 e. The summed E-state index contributed by atoms with van der Waals surface area (Å²) < 4.78 is 0. The fraction of sp³-hybridized carbons (Fsp3) is 0. The van der Waals surface area contributed by atoms with Crippen molar-refractivity contribution >= 4 is 40.8 Å². The van der Waals surface area contributed by atoms with E-state index in [1.54, 1.807) is 24.3 Å². The van der Waals surface area contributed by atoms with Gasteiger partial charge in [0.25, 0.3) is 0 Å². The third-order valence-electron chi connectivity index (χ3n) is 2.92. The minimum Gasteiger partial charge on any atom is -0.258 e. The molecule has 0 saturated carbocycles. The Bertz CT molecular complexity index is 861. The second kappa shape index (κ2) is 7.65. The molecular formula is C16H10ClN3O2S2. The number of aromatic nitrogens is 2. The van der Waals surface area contributed by atoms with Crippen LogP contribution >= 0.6 is 35.1 Å². The lowest BCUT2D eigenvalue weighted by Crippen LogP contribution is -1.98. The average Bonchev–Trinajstić information content (AvgIpc) is 2.58. The highest BCUT2D eigenvalue weighted by Gasteiger charge is 2.24. The summed E-state index contributed by atoms with van der Waals surface area (Å²) in [4.78, 5) is 21.0. The smallest absolute Gasteiger partial charge is 0.258 e. The molecule has 3 rings (SSSR count). The zero-order chi connectivity index (χ0) is 16.9. The summed E-state index contributed by atoms with van der Waals surface area (Å²) in [6.45, 7) is 0. The van der Waals surface area contributed by atoms with Crippen LogP contribution in [0.25, 0.3) is 0 Å². The lowest BCUT2D eigenvalue weighted by atomic mass is 10.4. The van der Waals surface area contributed by atoms with E-state index in [1.807, 2.05) is 30.3 Å². The van der Waals surface area contributed by atoms with Gasteiger partial charge in [0, 0.05) is 14.8 Å². The summed E-state index contributed by atoms with van der Waals surface area (Å²) in [7, 11) is 0. The van der Waals surface area contributed by atoms with Gasteiger partial charge in [-0.05, 0) is 36.4 Å². The van der Waals surface area contributed by atoms with Gasteiger partial charge >= 0.3 is 5.69 Å². The molecule has 0 atom stereocenters. The van der Waals surface area contributed by atoms with E-state index in [-0.39, 0.29) is 5.69 Å². The van der Waals surface area contributed by atoms with Crippen LogP contribution in [0.3, 0.4) is 0 Å². The van der Waals surface area contributed by atoms with Crippen LogP contribution in [0, 0.1) is 10.1 Å². The maximum absolute atomic E-state index is 11.6. The Morgan fingerprint density at radius 3 is 1.96 bits per heavy atom. The van der Waals surface area contributed by atoms with Crippen molar-refractivity contribution in [1.82, 2.24) is 9.97 Å². The largest absolute Gasteiger partial charge is 0.333 e. The van der Waals surface area contributed by atoms with E-state index in [0.29, 0.717) is 15.1 Å². The number of nitrogens with zero attached hydrogens (tertiary/aromatic N) is 3. The van der Waals surface area contributed by atoms with Gasteiger partial charge in [-0.3, -0.25) is 10.1 Å². The standard InChI is InChI=1S/C16H10ClN3O2S2/c17-11-6-8-13(9-7-11)24-16-14(20(21)22)15(18-10-19-16)23-12-4-2-1-3-5-12/h1-10H. The van der Waals surface area contributed by atoms with E-state index in [2.05, 4.69) is 9.97 Å². The lowest BCUT2D eigenvalue weighted by molar-refractivity contribution is -0.391. The minimum absolute atomic E-state index is 0.0914. The Hall–Kier alpha value is -2.09. The maximum atomic E-state index is 11.6. The lowest BCUT2D eigenvalue weighted by Gasteiger charge is -2.06. The molecule has 24 heavy (non-hydrogen) atoms. The molecule has 0 radical (unpaired) electrons. The Labute approximate surface area is 151 Å². The number of benzene rings is 2. The molecule has 0 aliphatic rings. The Morgan fingerprint density at radius 2 is 1.42 bits per heavy atom. The molecule has 1 heterocycles. The number of hydrogen-bond donors (Lipinski definition) is 0. The zero-order valence-corrected chi connectivity index (χ0v) is 14.5. The summed E-state index contributed by atoms with van der Waals surface area (Å²) in [5.74, 6) is 0. The molecule has 3 aromatic rings. The topological polar surface area (TPSA) is 68.9 Å². The van der Waals surface area contributed by atoms with Gasteiger partial charge in [0.2, 0.25) is 0 Å². The van der Waals surface area contributed by atoms with E-state index in [4.69, 9.17) is 11.6 Å². The van der Waals surface area contributed by atoms with Crippen molar-refractivity contribution in [2.24, 2.45) is 0 Å². The minimum atomic E-state index is -0.441. The number of hydrogen-bond acceptors (Lipinski definition) is 6. The Morgan fingerprint density at radius 1 is 0.875 bits per heavy atom. The van der Waals surface area contributed by atoms with Gasteiger partial charge in [-0.25, -0.2) is 9.97 Å². The molecule has 0 fully saturated rings. The zero-order valence-electron chi connectivity index (χ0n) is 12.1. The molecule has 0 aliphatic carbocycles. The first-order chi connectivity index (χ1) is 11.6. The number of rotatable bonds is 5. The molecule has 5 nitrogen and oxygen atoms in total. The molecule has 2 aromatic carbocycles. The molecule has 8 heteroatoms. The third-order valence-corrected chi connectivity index (χ3v) is 5.18. The van der Waals surface area contributed by atoms with Gasteiger partial charge < -0.3 is 0 Å². The van der Waals surface area contributed by atoms with Crippen molar-refractivity contribution in [3.05, 3.63) is 76.1 Å². The summed E-state index contributed by atoms with van der Waals surface area (Å²) >= 11 is 8.32. The van der Waals surface area contributed by atoms with Crippen molar-refractivity contribution in [2.45, 2.75) is 19.8 Å². The van der Waals surface area contributed by atoms with E-state index in [9.17, 15) is 10.1 Å². The monoisotopic (exact) mass is 375 g/mol. The summed E-state index contributed by atoms with van der Waals surface area (Å²) in [6.07, 6.45) is 1.34. The molecule has 0 bridgehead atoms. The van der Waals surface area contributed by atoms with Crippen LogP contribution in [0.2, 0.25) is 5.02 Å². The second-order valence-corrected chi connectivity index (χ2v) is 7.12. The van der Waals surface area contributed by atoms with Crippen LogP contribution in [0.1, 0.15) is 0 Å². The molecular weight excluding hydrogens is 366 g/mol. The van der Waals surface area contributed by atoms with Crippen LogP contribution < -0.4 is 0 Å².